The first-order chi connectivity index (χ1) is 11.6. The highest BCUT2D eigenvalue weighted by Gasteiger charge is 2.18. The quantitative estimate of drug-likeness (QED) is 0.552. The van der Waals surface area contributed by atoms with Gasteiger partial charge < -0.3 is 15.0 Å². The second-order valence-electron chi connectivity index (χ2n) is 5.23. The van der Waals surface area contributed by atoms with Crippen LogP contribution >= 0.6 is 11.6 Å². The number of hydrogen-bond donors (Lipinski definition) is 1. The van der Waals surface area contributed by atoms with Gasteiger partial charge in [-0.25, -0.2) is 0 Å². The maximum absolute atomic E-state index is 12.0. The number of aromatic nitrogens is 1. The van der Waals surface area contributed by atoms with E-state index in [0.717, 1.165) is 5.52 Å². The molecule has 122 valence electrons. The minimum Gasteiger partial charge on any atom is -0.490 e. The number of carbonyl (C=O) groups excluding carboxylic acids is 2. The van der Waals surface area contributed by atoms with Gasteiger partial charge in [-0.15, -0.1) is 0 Å². The molecule has 0 aliphatic heterocycles. The number of benzene rings is 2. The van der Waals surface area contributed by atoms with E-state index in [9.17, 15) is 9.59 Å². The number of Topliss-reactive ketones (excluding diaryl/α,β-unsaturated/α-hetero) is 1. The molecule has 1 heterocycles. The fourth-order valence-corrected chi connectivity index (χ4v) is 2.75. The number of ketones is 1. The van der Waals surface area contributed by atoms with Crippen LogP contribution in [0.2, 0.25) is 5.02 Å². The summed E-state index contributed by atoms with van der Waals surface area (Å²) in [5.74, 6) is -1.06. The molecule has 0 bridgehead atoms. The lowest BCUT2D eigenvalue weighted by molar-refractivity contribution is -0.114. The Bertz CT molecular complexity index is 918. The monoisotopic (exact) mass is 342 g/mol. The fraction of sp³-hybridized carbons (Fsp3) is 0.111. The van der Waals surface area contributed by atoms with Gasteiger partial charge in [-0.3, -0.25) is 9.59 Å². The number of ether oxygens (including phenoxy) is 1. The molecule has 0 spiro atoms. The third-order valence-electron chi connectivity index (χ3n) is 3.68. The summed E-state index contributed by atoms with van der Waals surface area (Å²) in [5.41, 5.74) is 6.26. The molecule has 2 N–H and O–H groups in total. The Kier molecular flexibility index (Phi) is 4.53. The summed E-state index contributed by atoms with van der Waals surface area (Å²) in [6.07, 6.45) is 1.63. The highest BCUT2D eigenvalue weighted by atomic mass is 35.5. The minimum absolute atomic E-state index is 0.302. The van der Waals surface area contributed by atoms with Gasteiger partial charge in [0, 0.05) is 17.1 Å². The van der Waals surface area contributed by atoms with Crippen LogP contribution in [0.15, 0.2) is 54.7 Å². The number of amides is 1. The lowest BCUT2D eigenvalue weighted by Gasteiger charge is -2.09. The van der Waals surface area contributed by atoms with Gasteiger partial charge in [0.2, 0.25) is 0 Å². The third kappa shape index (κ3) is 3.12. The Morgan fingerprint density at radius 1 is 1.08 bits per heavy atom. The van der Waals surface area contributed by atoms with Crippen molar-refractivity contribution in [3.8, 4) is 5.75 Å². The summed E-state index contributed by atoms with van der Waals surface area (Å²) in [7, 11) is 0. The van der Waals surface area contributed by atoms with E-state index in [1.54, 1.807) is 24.4 Å². The standard InChI is InChI=1S/C18H15ClN2O3/c19-14-6-2-4-8-16(14)24-10-9-21-11-13(17(22)18(20)23)12-5-1-3-7-15(12)21/h1-8,11H,9-10H2,(H2,20,23). The fourth-order valence-electron chi connectivity index (χ4n) is 2.56. The number of nitrogens with zero attached hydrogens (tertiary/aromatic N) is 1. The molecule has 1 aromatic heterocycles. The summed E-state index contributed by atoms with van der Waals surface area (Å²) in [6.45, 7) is 0.865. The number of carbonyl (C=O) groups is 2. The van der Waals surface area contributed by atoms with Gasteiger partial charge >= 0.3 is 0 Å². The summed E-state index contributed by atoms with van der Waals surface area (Å²) < 4.78 is 7.54. The van der Waals surface area contributed by atoms with Crippen molar-refractivity contribution in [1.82, 2.24) is 4.57 Å². The number of fused-ring (bicyclic) bond motifs is 1. The van der Waals surface area contributed by atoms with Gasteiger partial charge in [0.15, 0.2) is 0 Å². The van der Waals surface area contributed by atoms with Gasteiger partial charge in [-0.2, -0.15) is 0 Å². The lowest BCUT2D eigenvalue weighted by atomic mass is 10.1. The Hall–Kier alpha value is -2.79. The Morgan fingerprint density at radius 2 is 1.79 bits per heavy atom. The van der Waals surface area contributed by atoms with E-state index < -0.39 is 11.7 Å². The largest absolute Gasteiger partial charge is 0.490 e. The number of para-hydroxylation sites is 2. The topological polar surface area (TPSA) is 74.3 Å². The van der Waals surface area contributed by atoms with Crippen LogP contribution in [-0.4, -0.2) is 22.9 Å². The van der Waals surface area contributed by atoms with Crippen molar-refractivity contribution in [3.63, 3.8) is 0 Å². The summed E-state index contributed by atoms with van der Waals surface area (Å²) in [6, 6.07) is 14.6. The van der Waals surface area contributed by atoms with Crippen LogP contribution in [0, 0.1) is 0 Å². The molecule has 2 aromatic carbocycles. The van der Waals surface area contributed by atoms with Gasteiger partial charge in [-0.1, -0.05) is 41.9 Å². The van der Waals surface area contributed by atoms with Crippen molar-refractivity contribution in [3.05, 3.63) is 65.3 Å². The first kappa shape index (κ1) is 16.1. The smallest absolute Gasteiger partial charge is 0.289 e. The first-order valence-corrected chi connectivity index (χ1v) is 7.75. The number of halogens is 1. The lowest BCUT2D eigenvalue weighted by Crippen LogP contribution is -2.22. The summed E-state index contributed by atoms with van der Waals surface area (Å²) >= 11 is 6.05. The van der Waals surface area contributed by atoms with Crippen LogP contribution in [-0.2, 0) is 11.3 Å². The highest BCUT2D eigenvalue weighted by molar-refractivity contribution is 6.44. The van der Waals surface area contributed by atoms with E-state index in [-0.39, 0.29) is 0 Å². The van der Waals surface area contributed by atoms with E-state index in [1.807, 2.05) is 34.9 Å². The third-order valence-corrected chi connectivity index (χ3v) is 4.00. The molecule has 0 atom stereocenters. The van der Waals surface area contributed by atoms with E-state index in [0.29, 0.717) is 34.9 Å². The molecule has 0 aliphatic carbocycles. The van der Waals surface area contributed by atoms with Gasteiger partial charge in [0.05, 0.1) is 17.1 Å². The van der Waals surface area contributed by atoms with Crippen LogP contribution < -0.4 is 10.5 Å². The SMILES string of the molecule is NC(=O)C(=O)c1cn(CCOc2ccccc2Cl)c2ccccc12. The van der Waals surface area contributed by atoms with E-state index >= 15 is 0 Å². The van der Waals surface area contributed by atoms with Crippen LogP contribution in [0.1, 0.15) is 10.4 Å². The van der Waals surface area contributed by atoms with Crippen LogP contribution in [0.3, 0.4) is 0 Å². The molecule has 0 saturated heterocycles. The number of rotatable bonds is 6. The second-order valence-corrected chi connectivity index (χ2v) is 5.63. The molecule has 0 aliphatic rings. The van der Waals surface area contributed by atoms with Gasteiger partial charge in [0.25, 0.3) is 11.7 Å². The molecule has 0 radical (unpaired) electrons. The molecule has 6 heteroatoms. The van der Waals surface area contributed by atoms with Crippen molar-refractivity contribution in [2.24, 2.45) is 5.73 Å². The van der Waals surface area contributed by atoms with Crippen LogP contribution in [0.25, 0.3) is 10.9 Å². The average molecular weight is 343 g/mol. The predicted molar refractivity (Wildman–Crippen MR) is 92.4 cm³/mol. The zero-order valence-electron chi connectivity index (χ0n) is 12.7. The molecule has 3 aromatic rings. The number of primary amides is 1. The van der Waals surface area contributed by atoms with Gasteiger partial charge in [0.1, 0.15) is 12.4 Å². The summed E-state index contributed by atoms with van der Waals surface area (Å²) in [5, 5.41) is 1.23. The normalized spacial score (nSPS) is 10.7. The molecule has 3 rings (SSSR count). The predicted octanol–water partition coefficient (Wildman–Crippen LogP) is 3.04. The molecule has 5 nitrogen and oxygen atoms in total. The van der Waals surface area contributed by atoms with Crippen molar-refractivity contribution >= 4 is 34.2 Å². The van der Waals surface area contributed by atoms with E-state index in [4.69, 9.17) is 22.1 Å². The van der Waals surface area contributed by atoms with Crippen molar-refractivity contribution in [2.75, 3.05) is 6.61 Å². The molecule has 1 amide bonds. The minimum atomic E-state index is -0.967. The highest BCUT2D eigenvalue weighted by Crippen LogP contribution is 2.24. The molecule has 24 heavy (non-hydrogen) atoms. The molecule has 0 saturated carbocycles. The van der Waals surface area contributed by atoms with E-state index in [2.05, 4.69) is 0 Å². The Balaban J connectivity index is 1.83. The Labute approximate surface area is 143 Å². The average Bonchev–Trinajstić information content (AvgIpc) is 2.95. The van der Waals surface area contributed by atoms with Crippen molar-refractivity contribution in [1.29, 1.82) is 0 Å². The van der Waals surface area contributed by atoms with E-state index in [1.165, 1.54) is 0 Å². The van der Waals surface area contributed by atoms with Crippen molar-refractivity contribution < 1.29 is 14.3 Å². The molecule has 0 fully saturated rings. The van der Waals surface area contributed by atoms with Crippen LogP contribution in [0.5, 0.6) is 5.75 Å². The maximum atomic E-state index is 12.0. The Morgan fingerprint density at radius 3 is 2.54 bits per heavy atom. The summed E-state index contributed by atoms with van der Waals surface area (Å²) in [4.78, 5) is 23.2. The molecule has 0 unspecified atom stereocenters. The number of nitrogens with two attached hydrogens (primary N) is 1. The molecular weight excluding hydrogens is 328 g/mol. The zero-order valence-corrected chi connectivity index (χ0v) is 13.5. The molecular formula is C18H15ClN2O3. The maximum Gasteiger partial charge on any atom is 0.289 e. The van der Waals surface area contributed by atoms with Gasteiger partial charge in [-0.05, 0) is 18.2 Å². The van der Waals surface area contributed by atoms with Crippen molar-refractivity contribution in [2.45, 2.75) is 6.54 Å². The zero-order chi connectivity index (χ0) is 17.1. The second kappa shape index (κ2) is 6.76. The van der Waals surface area contributed by atoms with Crippen LogP contribution in [0.4, 0.5) is 0 Å². The number of hydrogen-bond acceptors (Lipinski definition) is 3. The first-order valence-electron chi connectivity index (χ1n) is 7.37.